The van der Waals surface area contributed by atoms with Gasteiger partial charge in [0.1, 0.15) is 12.7 Å². The van der Waals surface area contributed by atoms with Crippen molar-refractivity contribution in [3.8, 4) is 0 Å². The molecule has 2 N–H and O–H groups in total. The predicted molar refractivity (Wildman–Crippen MR) is 124 cm³/mol. The van der Waals surface area contributed by atoms with Gasteiger partial charge < -0.3 is 19.9 Å². The number of hydrogen-bond acceptors (Lipinski definition) is 4. The normalized spacial score (nSPS) is 12.3. The van der Waals surface area contributed by atoms with Crippen LogP contribution in [-0.4, -0.2) is 47.0 Å². The summed E-state index contributed by atoms with van der Waals surface area (Å²) in [6, 6.07) is 10.3. The van der Waals surface area contributed by atoms with Crippen LogP contribution in [0.2, 0.25) is 0 Å². The van der Waals surface area contributed by atoms with Gasteiger partial charge in [0.25, 0.3) is 0 Å². The largest absolute Gasteiger partial charge is 0.376 e. The van der Waals surface area contributed by atoms with Crippen molar-refractivity contribution >= 4 is 29.9 Å². The second-order valence-corrected chi connectivity index (χ2v) is 6.66. The van der Waals surface area contributed by atoms with E-state index in [1.54, 1.807) is 12.7 Å². The SMILES string of the molecule is CCNC(=NCC(C)COCc1ccccc1)NCCCCn1cnnc1.I. The highest BCUT2D eigenvalue weighted by Gasteiger charge is 2.04. The van der Waals surface area contributed by atoms with E-state index in [0.29, 0.717) is 19.1 Å². The molecule has 1 unspecified atom stereocenters. The van der Waals surface area contributed by atoms with Crippen molar-refractivity contribution < 1.29 is 4.74 Å². The predicted octanol–water partition coefficient (Wildman–Crippen LogP) is 3.08. The number of aliphatic imine (C=N–C) groups is 1. The number of aromatic nitrogens is 3. The summed E-state index contributed by atoms with van der Waals surface area (Å²) >= 11 is 0. The Morgan fingerprint density at radius 3 is 2.61 bits per heavy atom. The van der Waals surface area contributed by atoms with Crippen LogP contribution in [0.5, 0.6) is 0 Å². The van der Waals surface area contributed by atoms with Crippen molar-refractivity contribution in [1.29, 1.82) is 0 Å². The maximum absolute atomic E-state index is 5.80. The molecule has 2 rings (SSSR count). The van der Waals surface area contributed by atoms with Crippen molar-refractivity contribution in [2.24, 2.45) is 10.9 Å². The Morgan fingerprint density at radius 1 is 1.14 bits per heavy atom. The molecule has 1 heterocycles. The Balaban J connectivity index is 0.00000392. The number of ether oxygens (including phenoxy) is 1. The number of nitrogens with one attached hydrogen (secondary N) is 2. The van der Waals surface area contributed by atoms with Gasteiger partial charge in [0.2, 0.25) is 0 Å². The highest BCUT2D eigenvalue weighted by molar-refractivity contribution is 14.0. The topological polar surface area (TPSA) is 76.4 Å². The third-order valence-electron chi connectivity index (χ3n) is 4.02. The number of nitrogens with zero attached hydrogens (tertiary/aromatic N) is 4. The Kier molecular flexibility index (Phi) is 13.3. The minimum absolute atomic E-state index is 0. The third-order valence-corrected chi connectivity index (χ3v) is 4.02. The van der Waals surface area contributed by atoms with Crippen LogP contribution in [0.3, 0.4) is 0 Å². The molecule has 1 aromatic heterocycles. The third kappa shape index (κ3) is 10.6. The molecule has 0 amide bonds. The van der Waals surface area contributed by atoms with Crippen LogP contribution in [0, 0.1) is 5.92 Å². The lowest BCUT2D eigenvalue weighted by atomic mass is 10.2. The Labute approximate surface area is 185 Å². The zero-order valence-corrected chi connectivity index (χ0v) is 19.2. The summed E-state index contributed by atoms with van der Waals surface area (Å²) < 4.78 is 7.80. The molecule has 1 atom stereocenters. The fraction of sp³-hybridized carbons (Fsp3) is 0.550. The quantitative estimate of drug-likeness (QED) is 0.203. The standard InChI is InChI=1S/C20H32N6O.HI/c1-3-21-20(22-11-7-8-12-26-16-24-25-17-26)23-13-18(2)14-27-15-19-9-5-4-6-10-19;/h4-6,9-10,16-18H,3,7-8,11-15H2,1-2H3,(H2,21,22,23);1H. The number of halogens is 1. The molecule has 8 heteroatoms. The first-order valence-corrected chi connectivity index (χ1v) is 9.74. The van der Waals surface area contributed by atoms with Crippen LogP contribution in [0.25, 0.3) is 0 Å². The van der Waals surface area contributed by atoms with Crippen LogP contribution in [-0.2, 0) is 17.9 Å². The molecule has 0 saturated heterocycles. The molecular formula is C20H33IN6O. The van der Waals surface area contributed by atoms with Gasteiger partial charge in [0, 0.05) is 26.2 Å². The number of hydrogen-bond donors (Lipinski definition) is 2. The smallest absolute Gasteiger partial charge is 0.191 e. The lowest BCUT2D eigenvalue weighted by molar-refractivity contribution is 0.0945. The van der Waals surface area contributed by atoms with Gasteiger partial charge in [-0.1, -0.05) is 37.3 Å². The van der Waals surface area contributed by atoms with Crippen molar-refractivity contribution in [2.45, 2.75) is 39.8 Å². The Morgan fingerprint density at radius 2 is 1.89 bits per heavy atom. The number of benzene rings is 1. The fourth-order valence-corrected chi connectivity index (χ4v) is 2.56. The molecule has 0 radical (unpaired) electrons. The van der Waals surface area contributed by atoms with E-state index < -0.39 is 0 Å². The number of aryl methyl sites for hydroxylation is 1. The summed E-state index contributed by atoms with van der Waals surface area (Å²) in [5.74, 6) is 1.25. The maximum atomic E-state index is 5.80. The molecule has 28 heavy (non-hydrogen) atoms. The first kappa shape index (κ1) is 24.4. The summed E-state index contributed by atoms with van der Waals surface area (Å²) in [6.45, 7) is 9.03. The van der Waals surface area contributed by atoms with Gasteiger partial charge in [-0.2, -0.15) is 0 Å². The molecule has 2 aromatic rings. The van der Waals surface area contributed by atoms with E-state index >= 15 is 0 Å². The van der Waals surface area contributed by atoms with E-state index in [1.165, 1.54) is 5.56 Å². The number of guanidine groups is 1. The first-order valence-electron chi connectivity index (χ1n) is 9.74. The maximum Gasteiger partial charge on any atom is 0.191 e. The fourth-order valence-electron chi connectivity index (χ4n) is 2.56. The van der Waals surface area contributed by atoms with Crippen molar-refractivity contribution in [3.63, 3.8) is 0 Å². The summed E-state index contributed by atoms with van der Waals surface area (Å²) in [5.41, 5.74) is 1.20. The first-order chi connectivity index (χ1) is 13.3. The lowest BCUT2D eigenvalue weighted by Gasteiger charge is -2.14. The Hall–Kier alpha value is -1.68. The minimum atomic E-state index is 0. The molecule has 1 aromatic carbocycles. The number of rotatable bonds is 12. The van der Waals surface area contributed by atoms with Gasteiger partial charge in [-0.3, -0.25) is 4.99 Å². The molecule has 0 spiro atoms. The highest BCUT2D eigenvalue weighted by atomic mass is 127. The van der Waals surface area contributed by atoms with Gasteiger partial charge in [-0.25, -0.2) is 0 Å². The van der Waals surface area contributed by atoms with Crippen LogP contribution in [0.15, 0.2) is 48.0 Å². The number of unbranched alkanes of at least 4 members (excludes halogenated alkanes) is 1. The van der Waals surface area contributed by atoms with Gasteiger partial charge in [0.15, 0.2) is 5.96 Å². The van der Waals surface area contributed by atoms with E-state index in [-0.39, 0.29) is 24.0 Å². The van der Waals surface area contributed by atoms with Gasteiger partial charge in [-0.15, -0.1) is 34.2 Å². The van der Waals surface area contributed by atoms with Gasteiger partial charge >= 0.3 is 0 Å². The van der Waals surface area contributed by atoms with Crippen LogP contribution < -0.4 is 10.6 Å². The summed E-state index contributed by atoms with van der Waals surface area (Å²) in [4.78, 5) is 4.68. The van der Waals surface area contributed by atoms with E-state index in [2.05, 4.69) is 51.8 Å². The van der Waals surface area contributed by atoms with Crippen molar-refractivity contribution in [1.82, 2.24) is 25.4 Å². The van der Waals surface area contributed by atoms with E-state index in [4.69, 9.17) is 4.74 Å². The molecule has 0 bridgehead atoms. The van der Waals surface area contributed by atoms with Crippen LogP contribution in [0.1, 0.15) is 32.3 Å². The molecule has 0 aliphatic heterocycles. The molecule has 156 valence electrons. The second kappa shape index (κ2) is 15.3. The molecule has 0 fully saturated rings. The average Bonchev–Trinajstić information content (AvgIpc) is 3.20. The molecule has 0 aliphatic carbocycles. The van der Waals surface area contributed by atoms with E-state index in [0.717, 1.165) is 45.0 Å². The lowest BCUT2D eigenvalue weighted by Crippen LogP contribution is -2.38. The van der Waals surface area contributed by atoms with Crippen molar-refractivity contribution in [3.05, 3.63) is 48.5 Å². The van der Waals surface area contributed by atoms with Gasteiger partial charge in [0.05, 0.1) is 13.2 Å². The van der Waals surface area contributed by atoms with E-state index in [1.807, 2.05) is 22.8 Å². The minimum Gasteiger partial charge on any atom is -0.376 e. The summed E-state index contributed by atoms with van der Waals surface area (Å²) in [7, 11) is 0. The molecule has 0 saturated carbocycles. The Bertz CT molecular complexity index is 635. The molecule has 0 aliphatic rings. The monoisotopic (exact) mass is 500 g/mol. The van der Waals surface area contributed by atoms with E-state index in [9.17, 15) is 0 Å². The average molecular weight is 500 g/mol. The zero-order valence-electron chi connectivity index (χ0n) is 16.9. The summed E-state index contributed by atoms with van der Waals surface area (Å²) in [6.07, 6.45) is 5.65. The van der Waals surface area contributed by atoms with Crippen LogP contribution >= 0.6 is 24.0 Å². The van der Waals surface area contributed by atoms with Crippen molar-refractivity contribution in [2.75, 3.05) is 26.2 Å². The summed E-state index contributed by atoms with van der Waals surface area (Å²) in [5, 5.41) is 14.3. The zero-order chi connectivity index (χ0) is 19.2. The molecular weight excluding hydrogens is 467 g/mol. The second-order valence-electron chi connectivity index (χ2n) is 6.66. The van der Waals surface area contributed by atoms with Crippen LogP contribution in [0.4, 0.5) is 0 Å². The molecule has 7 nitrogen and oxygen atoms in total. The highest BCUT2D eigenvalue weighted by Crippen LogP contribution is 2.03. The van der Waals surface area contributed by atoms with Gasteiger partial charge in [-0.05, 0) is 31.2 Å².